The molecule has 0 aliphatic carbocycles. The topological polar surface area (TPSA) is 84.0 Å². The van der Waals surface area contributed by atoms with Crippen molar-refractivity contribution in [3.63, 3.8) is 0 Å². The smallest absolute Gasteiger partial charge is 0.274 e. The minimum absolute atomic E-state index is 0.272. The van der Waals surface area contributed by atoms with Gasteiger partial charge in [0.2, 0.25) is 0 Å². The van der Waals surface area contributed by atoms with Crippen molar-refractivity contribution in [2.24, 2.45) is 0 Å². The number of hydrogen-bond donors (Lipinski definition) is 2. The molecule has 3 aromatic rings. The Kier molecular flexibility index (Phi) is 5.75. The standard InChI is InChI=1S/C18H12Br2N4O2/c19-11-9-15(23-17(25)13-5-1-3-7-21-13)16(10-12(11)20)24-18(26)14-6-2-4-8-22-14/h1-10H,(H,23,25)(H,24,26). The highest BCUT2D eigenvalue weighted by atomic mass is 79.9. The molecule has 0 aliphatic heterocycles. The molecule has 6 nitrogen and oxygen atoms in total. The van der Waals surface area contributed by atoms with Crippen LogP contribution in [-0.4, -0.2) is 21.8 Å². The SMILES string of the molecule is O=C(Nc1cc(Br)c(Br)cc1NC(=O)c1ccccn1)c1ccccn1. The largest absolute Gasteiger partial charge is 0.319 e. The third-order valence-electron chi connectivity index (χ3n) is 3.35. The lowest BCUT2D eigenvalue weighted by Crippen LogP contribution is -2.18. The zero-order valence-electron chi connectivity index (χ0n) is 13.2. The van der Waals surface area contributed by atoms with Gasteiger partial charge in [-0.15, -0.1) is 0 Å². The number of nitrogens with one attached hydrogen (secondary N) is 2. The first-order valence-electron chi connectivity index (χ1n) is 7.48. The Morgan fingerprint density at radius 2 is 1.15 bits per heavy atom. The van der Waals surface area contributed by atoms with Gasteiger partial charge in [0.1, 0.15) is 11.4 Å². The average Bonchev–Trinajstić information content (AvgIpc) is 2.67. The maximum Gasteiger partial charge on any atom is 0.274 e. The number of hydrogen-bond acceptors (Lipinski definition) is 4. The van der Waals surface area contributed by atoms with Crippen LogP contribution in [-0.2, 0) is 0 Å². The number of carbonyl (C=O) groups excluding carboxylic acids is 2. The number of nitrogens with zero attached hydrogens (tertiary/aromatic N) is 2. The summed E-state index contributed by atoms with van der Waals surface area (Å²) < 4.78 is 1.45. The molecule has 0 bridgehead atoms. The summed E-state index contributed by atoms with van der Waals surface area (Å²) in [4.78, 5) is 32.8. The zero-order valence-corrected chi connectivity index (χ0v) is 16.4. The van der Waals surface area contributed by atoms with Crippen molar-refractivity contribution in [1.29, 1.82) is 0 Å². The molecule has 2 heterocycles. The highest BCUT2D eigenvalue weighted by Gasteiger charge is 2.15. The third kappa shape index (κ3) is 4.33. The minimum atomic E-state index is -0.381. The van der Waals surface area contributed by atoms with E-state index in [1.165, 1.54) is 12.4 Å². The number of pyridine rings is 2. The van der Waals surface area contributed by atoms with Crippen molar-refractivity contribution in [1.82, 2.24) is 9.97 Å². The van der Waals surface area contributed by atoms with Crippen LogP contribution in [0.25, 0.3) is 0 Å². The minimum Gasteiger partial charge on any atom is -0.319 e. The van der Waals surface area contributed by atoms with Gasteiger partial charge in [0.15, 0.2) is 0 Å². The lowest BCUT2D eigenvalue weighted by Gasteiger charge is -2.14. The second-order valence-corrected chi connectivity index (χ2v) is 6.86. The Morgan fingerprint density at radius 3 is 1.50 bits per heavy atom. The van der Waals surface area contributed by atoms with Crippen molar-refractivity contribution in [2.75, 3.05) is 10.6 Å². The number of amides is 2. The van der Waals surface area contributed by atoms with Gasteiger partial charge in [-0.2, -0.15) is 0 Å². The van der Waals surface area contributed by atoms with E-state index in [9.17, 15) is 9.59 Å². The summed E-state index contributed by atoms with van der Waals surface area (Å²) in [5.41, 5.74) is 1.40. The first kappa shape index (κ1) is 18.2. The summed E-state index contributed by atoms with van der Waals surface area (Å²) in [6.07, 6.45) is 3.08. The molecular formula is C18H12Br2N4O2. The lowest BCUT2D eigenvalue weighted by molar-refractivity contribution is 0.101. The monoisotopic (exact) mass is 474 g/mol. The molecule has 1 aromatic carbocycles. The van der Waals surface area contributed by atoms with E-state index < -0.39 is 0 Å². The fourth-order valence-electron chi connectivity index (χ4n) is 2.12. The van der Waals surface area contributed by atoms with Crippen molar-refractivity contribution in [3.05, 3.63) is 81.3 Å². The normalized spacial score (nSPS) is 10.2. The summed E-state index contributed by atoms with van der Waals surface area (Å²) in [6.45, 7) is 0. The molecule has 8 heteroatoms. The number of carbonyl (C=O) groups is 2. The zero-order chi connectivity index (χ0) is 18.5. The molecular weight excluding hydrogens is 464 g/mol. The van der Waals surface area contributed by atoms with E-state index >= 15 is 0 Å². The molecule has 0 aliphatic rings. The highest BCUT2D eigenvalue weighted by molar-refractivity contribution is 9.13. The van der Waals surface area contributed by atoms with Gasteiger partial charge in [0.05, 0.1) is 11.4 Å². The number of rotatable bonds is 4. The third-order valence-corrected chi connectivity index (χ3v) is 5.20. The molecule has 0 atom stereocenters. The second-order valence-electron chi connectivity index (χ2n) is 5.15. The average molecular weight is 476 g/mol. The van der Waals surface area contributed by atoms with Crippen LogP contribution in [0.3, 0.4) is 0 Å². The lowest BCUT2D eigenvalue weighted by atomic mass is 10.2. The predicted octanol–water partition coefficient (Wildman–Crippen LogP) is 4.51. The fourth-order valence-corrected chi connectivity index (χ4v) is 2.81. The Labute approximate surface area is 166 Å². The van der Waals surface area contributed by atoms with Crippen molar-refractivity contribution < 1.29 is 9.59 Å². The maximum atomic E-state index is 12.4. The van der Waals surface area contributed by atoms with Gasteiger partial charge in [0.25, 0.3) is 11.8 Å². The molecule has 0 saturated heterocycles. The van der Waals surface area contributed by atoms with Gasteiger partial charge < -0.3 is 10.6 Å². The molecule has 26 heavy (non-hydrogen) atoms. The van der Waals surface area contributed by atoms with Crippen molar-refractivity contribution in [3.8, 4) is 0 Å². The molecule has 130 valence electrons. The Balaban J connectivity index is 1.89. The summed E-state index contributed by atoms with van der Waals surface area (Å²) in [6, 6.07) is 13.5. The molecule has 0 unspecified atom stereocenters. The first-order valence-corrected chi connectivity index (χ1v) is 9.07. The highest BCUT2D eigenvalue weighted by Crippen LogP contribution is 2.33. The van der Waals surface area contributed by atoms with Gasteiger partial charge in [-0.25, -0.2) is 0 Å². The van der Waals surface area contributed by atoms with E-state index in [1.807, 2.05) is 0 Å². The van der Waals surface area contributed by atoms with E-state index in [0.29, 0.717) is 11.4 Å². The van der Waals surface area contributed by atoms with Gasteiger partial charge >= 0.3 is 0 Å². The van der Waals surface area contributed by atoms with E-state index in [2.05, 4.69) is 52.5 Å². The van der Waals surface area contributed by atoms with Crippen LogP contribution in [0.2, 0.25) is 0 Å². The van der Waals surface area contributed by atoms with Crippen molar-refractivity contribution in [2.45, 2.75) is 0 Å². The van der Waals surface area contributed by atoms with E-state index in [-0.39, 0.29) is 23.2 Å². The van der Waals surface area contributed by atoms with Crippen LogP contribution < -0.4 is 10.6 Å². The number of anilines is 2. The van der Waals surface area contributed by atoms with Crippen LogP contribution in [0.5, 0.6) is 0 Å². The Morgan fingerprint density at radius 1 is 0.731 bits per heavy atom. The summed E-state index contributed by atoms with van der Waals surface area (Å²) in [5.74, 6) is -0.763. The fraction of sp³-hybridized carbons (Fsp3) is 0. The second kappa shape index (κ2) is 8.20. The summed E-state index contributed by atoms with van der Waals surface area (Å²) in [5, 5.41) is 5.53. The molecule has 0 spiro atoms. The first-order chi connectivity index (χ1) is 12.5. The number of aromatic nitrogens is 2. The quantitative estimate of drug-likeness (QED) is 0.581. The molecule has 2 N–H and O–H groups in total. The van der Waals surface area contributed by atoms with Crippen molar-refractivity contribution >= 4 is 55.0 Å². The van der Waals surface area contributed by atoms with Crippen LogP contribution in [0.15, 0.2) is 69.9 Å². The maximum absolute atomic E-state index is 12.4. The number of halogens is 2. The van der Waals surface area contributed by atoms with Crippen LogP contribution in [0.1, 0.15) is 21.0 Å². The molecule has 2 aromatic heterocycles. The van der Waals surface area contributed by atoms with Crippen LogP contribution in [0.4, 0.5) is 11.4 Å². The molecule has 3 rings (SSSR count). The predicted molar refractivity (Wildman–Crippen MR) is 106 cm³/mol. The van der Waals surface area contributed by atoms with E-state index in [1.54, 1.807) is 48.5 Å². The van der Waals surface area contributed by atoms with E-state index in [4.69, 9.17) is 0 Å². The van der Waals surface area contributed by atoms with Crippen LogP contribution in [0, 0.1) is 0 Å². The Hall–Kier alpha value is -2.58. The van der Waals surface area contributed by atoms with Gasteiger partial charge in [-0.05, 0) is 68.3 Å². The Bertz CT molecular complexity index is 872. The summed E-state index contributed by atoms with van der Waals surface area (Å²) in [7, 11) is 0. The summed E-state index contributed by atoms with van der Waals surface area (Å²) >= 11 is 6.80. The van der Waals surface area contributed by atoms with Crippen LogP contribution >= 0.6 is 31.9 Å². The van der Waals surface area contributed by atoms with E-state index in [0.717, 1.165) is 8.95 Å². The molecule has 0 radical (unpaired) electrons. The number of benzene rings is 1. The van der Waals surface area contributed by atoms with Gasteiger partial charge in [-0.3, -0.25) is 19.6 Å². The van der Waals surface area contributed by atoms with Gasteiger partial charge in [-0.1, -0.05) is 12.1 Å². The molecule has 2 amide bonds. The molecule has 0 saturated carbocycles. The molecule has 0 fully saturated rings. The van der Waals surface area contributed by atoms with Gasteiger partial charge in [0, 0.05) is 21.3 Å².